The number of amides is 1. The molecule has 3 aromatic rings. The van der Waals surface area contributed by atoms with Crippen LogP contribution in [-0.4, -0.2) is 48.1 Å². The number of carbonyl (C=O) groups is 1. The van der Waals surface area contributed by atoms with E-state index >= 15 is 0 Å². The minimum atomic E-state index is 0.0986. The van der Waals surface area contributed by atoms with E-state index in [0.717, 1.165) is 37.2 Å². The number of methoxy groups -OCH3 is 2. The summed E-state index contributed by atoms with van der Waals surface area (Å²) in [7, 11) is 3.04. The lowest BCUT2D eigenvalue weighted by atomic mass is 10.1. The second-order valence-electron chi connectivity index (χ2n) is 7.38. The van der Waals surface area contributed by atoms with Crippen molar-refractivity contribution in [2.75, 3.05) is 32.6 Å². The van der Waals surface area contributed by atoms with E-state index < -0.39 is 0 Å². The monoisotopic (exact) mass is 434 g/mol. The Hall–Kier alpha value is -3.81. The van der Waals surface area contributed by atoms with Crippen molar-refractivity contribution in [2.45, 2.75) is 19.4 Å². The average molecular weight is 434 g/mol. The molecular formula is C24H26N4O4. The zero-order valence-electron chi connectivity index (χ0n) is 18.2. The highest BCUT2D eigenvalue weighted by Gasteiger charge is 2.19. The second-order valence-corrected chi connectivity index (χ2v) is 7.38. The molecule has 1 aromatic heterocycles. The molecule has 1 saturated heterocycles. The number of rotatable bonds is 8. The summed E-state index contributed by atoms with van der Waals surface area (Å²) in [5, 5.41) is 3.37. The number of aromatic nitrogens is 2. The molecule has 8 heteroatoms. The highest BCUT2D eigenvalue weighted by molar-refractivity contribution is 5.94. The predicted octanol–water partition coefficient (Wildman–Crippen LogP) is 4.13. The SMILES string of the molecule is COc1cc(OC)nc(Oc2ccccc2CNc2ccc(C(=O)N3CCCC3)cc2)n1. The third-order valence-electron chi connectivity index (χ3n) is 5.26. The van der Waals surface area contributed by atoms with Gasteiger partial charge >= 0.3 is 6.01 Å². The number of benzene rings is 2. The van der Waals surface area contributed by atoms with Gasteiger partial charge in [0.2, 0.25) is 11.8 Å². The summed E-state index contributed by atoms with van der Waals surface area (Å²) in [4.78, 5) is 22.9. The van der Waals surface area contributed by atoms with Crippen molar-refractivity contribution in [3.63, 3.8) is 0 Å². The molecule has 166 valence electrons. The number of nitrogens with one attached hydrogen (secondary N) is 1. The van der Waals surface area contributed by atoms with E-state index in [-0.39, 0.29) is 11.9 Å². The Morgan fingerprint density at radius 2 is 1.62 bits per heavy atom. The fraction of sp³-hybridized carbons (Fsp3) is 0.292. The Morgan fingerprint density at radius 3 is 2.28 bits per heavy atom. The number of carbonyl (C=O) groups excluding carboxylic acids is 1. The van der Waals surface area contributed by atoms with E-state index in [1.807, 2.05) is 53.4 Å². The summed E-state index contributed by atoms with van der Waals surface area (Å²) in [6.07, 6.45) is 2.17. The maximum atomic E-state index is 12.5. The molecule has 2 heterocycles. The first-order valence-electron chi connectivity index (χ1n) is 10.5. The van der Waals surface area contributed by atoms with E-state index in [9.17, 15) is 4.79 Å². The molecule has 32 heavy (non-hydrogen) atoms. The number of para-hydroxylation sites is 1. The van der Waals surface area contributed by atoms with Gasteiger partial charge in [0.15, 0.2) is 0 Å². The zero-order valence-corrected chi connectivity index (χ0v) is 18.2. The van der Waals surface area contributed by atoms with Gasteiger partial charge in [0.25, 0.3) is 5.91 Å². The Morgan fingerprint density at radius 1 is 0.969 bits per heavy atom. The minimum Gasteiger partial charge on any atom is -0.481 e. The van der Waals surface area contributed by atoms with E-state index in [4.69, 9.17) is 14.2 Å². The normalized spacial score (nSPS) is 13.0. The third kappa shape index (κ3) is 5.08. The molecule has 1 amide bonds. The lowest BCUT2D eigenvalue weighted by Gasteiger charge is -2.16. The number of likely N-dealkylation sites (tertiary alicyclic amines) is 1. The van der Waals surface area contributed by atoms with Crippen LogP contribution in [0.25, 0.3) is 0 Å². The number of hydrogen-bond donors (Lipinski definition) is 1. The maximum absolute atomic E-state index is 12.5. The second kappa shape index (κ2) is 10.00. The van der Waals surface area contributed by atoms with Crippen molar-refractivity contribution in [3.8, 4) is 23.5 Å². The molecule has 1 aliphatic rings. The predicted molar refractivity (Wildman–Crippen MR) is 121 cm³/mol. The van der Waals surface area contributed by atoms with Gasteiger partial charge < -0.3 is 24.4 Å². The Kier molecular flexibility index (Phi) is 6.69. The molecule has 0 spiro atoms. The smallest absolute Gasteiger partial charge is 0.328 e. The summed E-state index contributed by atoms with van der Waals surface area (Å²) in [5.74, 6) is 1.43. The number of hydrogen-bond acceptors (Lipinski definition) is 7. The Balaban J connectivity index is 1.43. The van der Waals surface area contributed by atoms with Crippen LogP contribution in [0.5, 0.6) is 23.5 Å². The van der Waals surface area contributed by atoms with Gasteiger partial charge in [-0.3, -0.25) is 4.79 Å². The summed E-state index contributed by atoms with van der Waals surface area (Å²) >= 11 is 0. The summed E-state index contributed by atoms with van der Waals surface area (Å²) in [5.41, 5.74) is 2.55. The maximum Gasteiger partial charge on any atom is 0.328 e. The molecule has 0 saturated carbocycles. The molecule has 1 N–H and O–H groups in total. The van der Waals surface area contributed by atoms with Gasteiger partial charge in [-0.2, -0.15) is 9.97 Å². The van der Waals surface area contributed by atoms with Gasteiger partial charge in [-0.1, -0.05) is 18.2 Å². The molecule has 0 bridgehead atoms. The van der Waals surface area contributed by atoms with Gasteiger partial charge in [-0.15, -0.1) is 0 Å². The number of anilines is 1. The molecule has 0 unspecified atom stereocenters. The topological polar surface area (TPSA) is 85.8 Å². The highest BCUT2D eigenvalue weighted by atomic mass is 16.5. The van der Waals surface area contributed by atoms with Crippen LogP contribution >= 0.6 is 0 Å². The largest absolute Gasteiger partial charge is 0.481 e. The van der Waals surface area contributed by atoms with Gasteiger partial charge in [0.1, 0.15) is 5.75 Å². The van der Waals surface area contributed by atoms with E-state index in [1.54, 1.807) is 6.07 Å². The van der Waals surface area contributed by atoms with Crippen molar-refractivity contribution < 1.29 is 19.0 Å². The standard InChI is InChI=1S/C24H26N4O4/c1-30-21-15-22(31-2)27-24(26-21)32-20-8-4-3-7-18(20)16-25-19-11-9-17(10-12-19)23(29)28-13-5-6-14-28/h3-4,7-12,15,25H,5-6,13-14,16H2,1-2H3. The lowest BCUT2D eigenvalue weighted by Crippen LogP contribution is -2.27. The van der Waals surface area contributed by atoms with Crippen LogP contribution in [0.3, 0.4) is 0 Å². The molecule has 2 aromatic carbocycles. The van der Waals surface area contributed by atoms with Crippen molar-refractivity contribution in [1.29, 1.82) is 0 Å². The number of nitrogens with zero attached hydrogens (tertiary/aromatic N) is 3. The first-order chi connectivity index (χ1) is 15.7. The minimum absolute atomic E-state index is 0.0986. The van der Waals surface area contributed by atoms with Crippen LogP contribution < -0.4 is 19.5 Å². The van der Waals surface area contributed by atoms with E-state index in [2.05, 4.69) is 15.3 Å². The molecule has 1 fully saturated rings. The van der Waals surface area contributed by atoms with Gasteiger partial charge in [-0.25, -0.2) is 0 Å². The van der Waals surface area contributed by atoms with Crippen LogP contribution in [0, 0.1) is 0 Å². The van der Waals surface area contributed by atoms with Crippen LogP contribution in [0.2, 0.25) is 0 Å². The molecule has 0 aliphatic carbocycles. The third-order valence-corrected chi connectivity index (χ3v) is 5.26. The van der Waals surface area contributed by atoms with Crippen molar-refractivity contribution in [3.05, 3.63) is 65.7 Å². The summed E-state index contributed by atoms with van der Waals surface area (Å²) in [6, 6.07) is 16.9. The van der Waals surface area contributed by atoms with Crippen molar-refractivity contribution >= 4 is 11.6 Å². The summed E-state index contributed by atoms with van der Waals surface area (Å²) in [6.45, 7) is 2.22. The molecule has 0 atom stereocenters. The average Bonchev–Trinajstić information content (AvgIpc) is 3.38. The lowest BCUT2D eigenvalue weighted by molar-refractivity contribution is 0.0793. The molecule has 1 aliphatic heterocycles. The zero-order chi connectivity index (χ0) is 22.3. The first-order valence-corrected chi connectivity index (χ1v) is 10.5. The van der Waals surface area contributed by atoms with Crippen LogP contribution in [0.4, 0.5) is 5.69 Å². The van der Waals surface area contributed by atoms with Crippen molar-refractivity contribution in [1.82, 2.24) is 14.9 Å². The molecule has 0 radical (unpaired) electrons. The number of ether oxygens (including phenoxy) is 3. The van der Waals surface area contributed by atoms with Gasteiger partial charge in [-0.05, 0) is 43.2 Å². The fourth-order valence-electron chi connectivity index (χ4n) is 3.52. The van der Waals surface area contributed by atoms with Crippen LogP contribution in [0.1, 0.15) is 28.8 Å². The van der Waals surface area contributed by atoms with E-state index in [1.165, 1.54) is 14.2 Å². The molecule has 4 rings (SSSR count). The van der Waals surface area contributed by atoms with Crippen LogP contribution in [0.15, 0.2) is 54.6 Å². The van der Waals surface area contributed by atoms with E-state index in [0.29, 0.717) is 29.6 Å². The van der Waals surface area contributed by atoms with Gasteiger partial charge in [0, 0.05) is 36.4 Å². The molecular weight excluding hydrogens is 408 g/mol. The van der Waals surface area contributed by atoms with Crippen LogP contribution in [-0.2, 0) is 6.54 Å². The van der Waals surface area contributed by atoms with Crippen molar-refractivity contribution in [2.24, 2.45) is 0 Å². The quantitative estimate of drug-likeness (QED) is 0.570. The molecule has 8 nitrogen and oxygen atoms in total. The highest BCUT2D eigenvalue weighted by Crippen LogP contribution is 2.27. The Bertz CT molecular complexity index is 1040. The fourth-order valence-corrected chi connectivity index (χ4v) is 3.52. The Labute approximate surface area is 187 Å². The summed E-state index contributed by atoms with van der Waals surface area (Å²) < 4.78 is 16.3. The first kappa shape index (κ1) is 21.4. The van der Waals surface area contributed by atoms with Gasteiger partial charge in [0.05, 0.1) is 20.3 Å².